The van der Waals surface area contributed by atoms with Gasteiger partial charge in [-0.25, -0.2) is 0 Å². The number of likely N-dealkylation sites (N-methyl/N-ethyl adjacent to an activating group) is 1. The van der Waals surface area contributed by atoms with Crippen LogP contribution in [0.25, 0.3) is 0 Å². The van der Waals surface area contributed by atoms with E-state index >= 15 is 0 Å². The van der Waals surface area contributed by atoms with E-state index < -0.39 is 0 Å². The van der Waals surface area contributed by atoms with Gasteiger partial charge in [-0.3, -0.25) is 0 Å². The highest BCUT2D eigenvalue weighted by molar-refractivity contribution is 4.85. The number of hydrogen-bond acceptors (Lipinski definition) is 1. The van der Waals surface area contributed by atoms with E-state index in [1.165, 1.54) is 6.42 Å². The van der Waals surface area contributed by atoms with E-state index in [9.17, 15) is 0 Å². The highest BCUT2D eigenvalue weighted by Crippen LogP contribution is 2.23. The lowest BCUT2D eigenvalue weighted by atomic mass is 10.2. The van der Waals surface area contributed by atoms with E-state index in [0.717, 1.165) is 24.0 Å². The van der Waals surface area contributed by atoms with E-state index in [4.69, 9.17) is 11.5 Å². The van der Waals surface area contributed by atoms with Crippen molar-refractivity contribution in [2.24, 2.45) is 0 Å². The lowest BCUT2D eigenvalue weighted by Gasteiger charge is -2.33. The molecule has 0 bridgehead atoms. The molecule has 0 saturated carbocycles. The number of hydrogen-bond donors (Lipinski definition) is 1. The fraction of sp³-hybridized carbons (Fsp3) is 0.778. The SMILES string of the molecule is C#CC[N@@+]1(C)CCC[C@@H]1CO. The molecule has 2 atom stereocenters. The van der Waals surface area contributed by atoms with Crippen LogP contribution in [0.3, 0.4) is 0 Å². The summed E-state index contributed by atoms with van der Waals surface area (Å²) in [4.78, 5) is 0. The molecule has 0 aromatic carbocycles. The fourth-order valence-electron chi connectivity index (χ4n) is 1.89. The molecule has 0 aromatic heterocycles. The van der Waals surface area contributed by atoms with Gasteiger partial charge in [-0.15, -0.1) is 6.42 Å². The average Bonchev–Trinajstić information content (AvgIpc) is 2.31. The number of terminal acetylenes is 1. The first-order valence-electron chi connectivity index (χ1n) is 4.11. The molecule has 2 nitrogen and oxygen atoms in total. The molecule has 1 fully saturated rings. The highest BCUT2D eigenvalue weighted by atomic mass is 16.3. The first-order valence-corrected chi connectivity index (χ1v) is 4.11. The summed E-state index contributed by atoms with van der Waals surface area (Å²) in [5.41, 5.74) is 0. The van der Waals surface area contributed by atoms with Gasteiger partial charge in [-0.1, -0.05) is 0 Å². The van der Waals surface area contributed by atoms with Crippen molar-refractivity contribution in [1.82, 2.24) is 0 Å². The first kappa shape index (κ1) is 8.58. The number of rotatable bonds is 2. The Morgan fingerprint density at radius 1 is 1.73 bits per heavy atom. The fourth-order valence-corrected chi connectivity index (χ4v) is 1.89. The maximum absolute atomic E-state index is 9.04. The second kappa shape index (κ2) is 3.25. The van der Waals surface area contributed by atoms with E-state index in [0.29, 0.717) is 6.04 Å². The lowest BCUT2D eigenvalue weighted by Crippen LogP contribution is -2.49. The third-order valence-electron chi connectivity index (χ3n) is 2.75. The molecule has 0 radical (unpaired) electrons. The van der Waals surface area contributed by atoms with Crippen molar-refractivity contribution in [3.8, 4) is 12.3 Å². The van der Waals surface area contributed by atoms with Crippen LogP contribution in [0, 0.1) is 12.3 Å². The Labute approximate surface area is 68.4 Å². The summed E-state index contributed by atoms with van der Waals surface area (Å²) in [6, 6.07) is 0.381. The van der Waals surface area contributed by atoms with Gasteiger partial charge in [0, 0.05) is 12.8 Å². The molecule has 0 amide bonds. The molecule has 1 aliphatic rings. The predicted octanol–water partition coefficient (Wildman–Crippen LogP) is 0.221. The Hall–Kier alpha value is -0.520. The van der Waals surface area contributed by atoms with Crippen LogP contribution in [0.15, 0.2) is 0 Å². The minimum atomic E-state index is 0.276. The number of likely N-dealkylation sites (tertiary alicyclic amines) is 1. The molecule has 1 saturated heterocycles. The zero-order valence-electron chi connectivity index (χ0n) is 7.08. The third kappa shape index (κ3) is 1.55. The molecule has 0 unspecified atom stereocenters. The van der Waals surface area contributed by atoms with Crippen LogP contribution in [-0.4, -0.2) is 42.4 Å². The van der Waals surface area contributed by atoms with Gasteiger partial charge in [-0.2, -0.15) is 0 Å². The summed E-state index contributed by atoms with van der Waals surface area (Å²) in [6.07, 6.45) is 7.58. The van der Waals surface area contributed by atoms with Gasteiger partial charge >= 0.3 is 0 Å². The lowest BCUT2D eigenvalue weighted by molar-refractivity contribution is -0.914. The topological polar surface area (TPSA) is 20.2 Å². The first-order chi connectivity index (χ1) is 5.23. The maximum atomic E-state index is 9.04. The van der Waals surface area contributed by atoms with Gasteiger partial charge in [0.25, 0.3) is 0 Å². The van der Waals surface area contributed by atoms with Crippen molar-refractivity contribution >= 4 is 0 Å². The van der Waals surface area contributed by atoms with Crippen LogP contribution in [0.2, 0.25) is 0 Å². The zero-order valence-corrected chi connectivity index (χ0v) is 7.08. The Balaban J connectivity index is 2.60. The standard InChI is InChI=1S/C9H16NO/c1-3-6-10(2)7-4-5-9(10)8-11/h1,9,11H,4-8H2,2H3/q+1/t9-,10+/m1/s1. The van der Waals surface area contributed by atoms with E-state index in [1.807, 2.05) is 0 Å². The number of quaternary nitrogens is 1. The number of nitrogens with zero attached hydrogens (tertiary/aromatic N) is 1. The average molecular weight is 154 g/mol. The van der Waals surface area contributed by atoms with Gasteiger partial charge in [0.1, 0.15) is 12.6 Å². The highest BCUT2D eigenvalue weighted by Gasteiger charge is 2.36. The molecule has 2 heteroatoms. The van der Waals surface area contributed by atoms with Crippen LogP contribution < -0.4 is 0 Å². The van der Waals surface area contributed by atoms with Crippen LogP contribution in [0.4, 0.5) is 0 Å². The second-order valence-electron chi connectivity index (χ2n) is 3.54. The summed E-state index contributed by atoms with van der Waals surface area (Å²) in [7, 11) is 2.13. The minimum absolute atomic E-state index is 0.276. The predicted molar refractivity (Wildman–Crippen MR) is 44.9 cm³/mol. The van der Waals surface area contributed by atoms with Crippen molar-refractivity contribution < 1.29 is 9.59 Å². The molecule has 1 rings (SSSR count). The summed E-state index contributed by atoms with van der Waals surface area (Å²) in [5, 5.41) is 9.04. The zero-order chi connectivity index (χ0) is 8.32. The van der Waals surface area contributed by atoms with Gasteiger partial charge in [0.2, 0.25) is 0 Å². The van der Waals surface area contributed by atoms with Crippen molar-refractivity contribution in [3.05, 3.63) is 0 Å². The van der Waals surface area contributed by atoms with Crippen LogP contribution in [-0.2, 0) is 0 Å². The number of aliphatic hydroxyl groups is 1. The minimum Gasteiger partial charge on any atom is -0.390 e. The molecule has 11 heavy (non-hydrogen) atoms. The normalized spacial score (nSPS) is 37.0. The third-order valence-corrected chi connectivity index (χ3v) is 2.75. The quantitative estimate of drug-likeness (QED) is 0.445. The number of aliphatic hydroxyl groups excluding tert-OH is 1. The molecule has 0 aliphatic carbocycles. The molecular weight excluding hydrogens is 138 g/mol. The monoisotopic (exact) mass is 154 g/mol. The van der Waals surface area contributed by atoms with Crippen LogP contribution in [0.5, 0.6) is 0 Å². The summed E-state index contributed by atoms with van der Waals surface area (Å²) >= 11 is 0. The van der Waals surface area contributed by atoms with Crippen LogP contribution in [0.1, 0.15) is 12.8 Å². The summed E-state index contributed by atoms with van der Waals surface area (Å²) < 4.78 is 0.868. The smallest absolute Gasteiger partial charge is 0.140 e. The van der Waals surface area contributed by atoms with Gasteiger partial charge < -0.3 is 9.59 Å². The molecular formula is C9H16NO+. The summed E-state index contributed by atoms with van der Waals surface area (Å²) in [5.74, 6) is 2.68. The van der Waals surface area contributed by atoms with E-state index in [1.54, 1.807) is 0 Å². The molecule has 0 aromatic rings. The Bertz CT molecular complexity index is 173. The van der Waals surface area contributed by atoms with Crippen molar-refractivity contribution in [2.45, 2.75) is 18.9 Å². The summed E-state index contributed by atoms with van der Waals surface area (Å²) in [6.45, 7) is 2.15. The Kier molecular flexibility index (Phi) is 2.53. The maximum Gasteiger partial charge on any atom is 0.140 e. The molecule has 1 aliphatic heterocycles. The van der Waals surface area contributed by atoms with Gasteiger partial charge in [0.05, 0.1) is 20.2 Å². The van der Waals surface area contributed by atoms with Gasteiger partial charge in [0.15, 0.2) is 0 Å². The van der Waals surface area contributed by atoms with Crippen molar-refractivity contribution in [2.75, 3.05) is 26.7 Å². The second-order valence-corrected chi connectivity index (χ2v) is 3.54. The molecule has 0 spiro atoms. The molecule has 1 N–H and O–H groups in total. The van der Waals surface area contributed by atoms with E-state index in [-0.39, 0.29) is 6.61 Å². The van der Waals surface area contributed by atoms with E-state index in [2.05, 4.69) is 13.0 Å². The van der Waals surface area contributed by atoms with Crippen LogP contribution >= 0.6 is 0 Å². The molecule has 1 heterocycles. The van der Waals surface area contributed by atoms with Crippen molar-refractivity contribution in [1.29, 1.82) is 0 Å². The molecule has 62 valence electrons. The Morgan fingerprint density at radius 3 is 3.00 bits per heavy atom. The largest absolute Gasteiger partial charge is 0.390 e. The Morgan fingerprint density at radius 2 is 2.45 bits per heavy atom. The van der Waals surface area contributed by atoms with Crippen molar-refractivity contribution in [3.63, 3.8) is 0 Å². The van der Waals surface area contributed by atoms with Gasteiger partial charge in [-0.05, 0) is 5.92 Å².